The maximum atomic E-state index is 9.39. The molecule has 1 N–H and O–H groups in total. The summed E-state index contributed by atoms with van der Waals surface area (Å²) >= 11 is 0. The van der Waals surface area contributed by atoms with Crippen molar-refractivity contribution in [3.05, 3.63) is 77.1 Å². The monoisotopic (exact) mass is 375 g/mol. The summed E-state index contributed by atoms with van der Waals surface area (Å²) in [6.45, 7) is 10.2. The van der Waals surface area contributed by atoms with Crippen molar-refractivity contribution < 1.29 is 4.90 Å². The molecular formula is C22H27N6+. The molecule has 1 heterocycles. The van der Waals surface area contributed by atoms with Gasteiger partial charge in [0.25, 0.3) is 0 Å². The lowest BCUT2D eigenvalue weighted by atomic mass is 10.00. The van der Waals surface area contributed by atoms with E-state index in [-0.39, 0.29) is 11.6 Å². The Kier molecular flexibility index (Phi) is 5.86. The minimum atomic E-state index is -0.241. The van der Waals surface area contributed by atoms with Gasteiger partial charge < -0.3 is 4.90 Å². The summed E-state index contributed by atoms with van der Waals surface area (Å²) in [6, 6.07) is 20.4. The lowest BCUT2D eigenvalue weighted by molar-refractivity contribution is -0.938. The molecule has 0 spiro atoms. The van der Waals surface area contributed by atoms with Crippen LogP contribution in [0.15, 0.2) is 54.6 Å². The average Bonchev–Trinajstić information content (AvgIpc) is 3.18. The topological polar surface area (TPSA) is 71.8 Å². The molecular weight excluding hydrogens is 348 g/mol. The van der Waals surface area contributed by atoms with Gasteiger partial charge in [0.15, 0.2) is 6.04 Å². The fourth-order valence-corrected chi connectivity index (χ4v) is 3.50. The van der Waals surface area contributed by atoms with E-state index in [9.17, 15) is 5.26 Å². The lowest BCUT2D eigenvalue weighted by Crippen LogP contribution is -3.11. The van der Waals surface area contributed by atoms with Crippen molar-refractivity contribution in [2.75, 3.05) is 6.54 Å². The third-order valence-electron chi connectivity index (χ3n) is 4.87. The van der Waals surface area contributed by atoms with Gasteiger partial charge in [-0.05, 0) is 50.3 Å². The van der Waals surface area contributed by atoms with Crippen molar-refractivity contribution in [2.45, 2.75) is 45.8 Å². The molecule has 6 nitrogen and oxygen atoms in total. The predicted octanol–water partition coefficient (Wildman–Crippen LogP) is 2.49. The predicted molar refractivity (Wildman–Crippen MR) is 107 cm³/mol. The molecule has 144 valence electrons. The molecule has 0 fully saturated rings. The number of quaternary nitrogens is 1. The smallest absolute Gasteiger partial charge is 0.214 e. The van der Waals surface area contributed by atoms with Crippen molar-refractivity contribution in [3.8, 4) is 6.07 Å². The van der Waals surface area contributed by atoms with E-state index in [4.69, 9.17) is 0 Å². The minimum Gasteiger partial charge on any atom is -0.319 e. The van der Waals surface area contributed by atoms with Crippen molar-refractivity contribution in [3.63, 3.8) is 0 Å². The molecule has 0 aliphatic heterocycles. The highest BCUT2D eigenvalue weighted by molar-refractivity contribution is 5.35. The Bertz CT molecular complexity index is 949. The van der Waals surface area contributed by atoms with Crippen molar-refractivity contribution >= 4 is 0 Å². The Labute approximate surface area is 166 Å². The molecule has 1 unspecified atom stereocenters. The number of rotatable bonds is 6. The van der Waals surface area contributed by atoms with E-state index >= 15 is 0 Å². The molecule has 0 aliphatic carbocycles. The number of nitrogens with one attached hydrogen (secondary N) is 1. The molecule has 0 bridgehead atoms. The summed E-state index contributed by atoms with van der Waals surface area (Å²) in [6.07, 6.45) is 0. The van der Waals surface area contributed by atoms with Gasteiger partial charge in [-0.3, -0.25) is 0 Å². The zero-order valence-electron chi connectivity index (χ0n) is 16.9. The summed E-state index contributed by atoms with van der Waals surface area (Å²) in [5.41, 5.74) is 2.71. The fourth-order valence-electron chi connectivity index (χ4n) is 3.50. The molecule has 6 heteroatoms. The van der Waals surface area contributed by atoms with E-state index < -0.39 is 0 Å². The first-order valence-electron chi connectivity index (χ1n) is 9.61. The molecule has 0 aliphatic rings. The maximum absolute atomic E-state index is 9.39. The van der Waals surface area contributed by atoms with E-state index in [2.05, 4.69) is 79.6 Å². The summed E-state index contributed by atoms with van der Waals surface area (Å²) < 4.78 is 1.90. The Morgan fingerprint density at radius 3 is 2.50 bits per heavy atom. The van der Waals surface area contributed by atoms with E-state index in [1.807, 2.05) is 28.9 Å². The summed E-state index contributed by atoms with van der Waals surface area (Å²) in [7, 11) is 0. The van der Waals surface area contributed by atoms with Crippen LogP contribution in [0.2, 0.25) is 0 Å². The second-order valence-electron chi connectivity index (χ2n) is 7.96. The van der Waals surface area contributed by atoms with Gasteiger partial charge in [0, 0.05) is 11.1 Å². The summed E-state index contributed by atoms with van der Waals surface area (Å²) in [5.74, 6) is 0.815. The quantitative estimate of drug-likeness (QED) is 0.718. The largest absolute Gasteiger partial charge is 0.319 e. The zero-order chi connectivity index (χ0) is 20.1. The Morgan fingerprint density at radius 2 is 1.86 bits per heavy atom. The minimum absolute atomic E-state index is 0.0762. The third-order valence-corrected chi connectivity index (χ3v) is 4.87. The van der Waals surface area contributed by atoms with Crippen molar-refractivity contribution in [1.82, 2.24) is 20.2 Å². The average molecular weight is 376 g/mol. The van der Waals surface area contributed by atoms with Crippen molar-refractivity contribution in [1.29, 1.82) is 5.26 Å². The molecule has 28 heavy (non-hydrogen) atoms. The van der Waals surface area contributed by atoms with E-state index in [1.54, 1.807) is 0 Å². The van der Waals surface area contributed by atoms with E-state index in [0.29, 0.717) is 5.56 Å². The molecule has 3 aromatic rings. The number of benzene rings is 2. The van der Waals surface area contributed by atoms with E-state index in [0.717, 1.165) is 24.5 Å². The van der Waals surface area contributed by atoms with Crippen LogP contribution in [-0.2, 0) is 12.1 Å². The molecule has 2 aromatic carbocycles. The highest BCUT2D eigenvalue weighted by Gasteiger charge is 2.34. The van der Waals surface area contributed by atoms with Gasteiger partial charge in [0.2, 0.25) is 5.82 Å². The van der Waals surface area contributed by atoms with Crippen LogP contribution in [-0.4, -0.2) is 26.8 Å². The normalized spacial score (nSPS) is 13.7. The van der Waals surface area contributed by atoms with Gasteiger partial charge in [-0.25, -0.2) is 4.68 Å². The second kappa shape index (κ2) is 8.32. The van der Waals surface area contributed by atoms with Crippen LogP contribution < -0.4 is 4.90 Å². The summed E-state index contributed by atoms with van der Waals surface area (Å²) in [4.78, 5) is 1.32. The zero-order valence-corrected chi connectivity index (χ0v) is 16.9. The SMILES string of the molecule is CC[NH+](Cc1ccccc1)[C@H](c1cccc(C#N)c1)c1nnnn1C(C)(C)C. The number of tetrazole rings is 1. The van der Waals surface area contributed by atoms with Gasteiger partial charge in [0.1, 0.15) is 6.54 Å². The molecule has 2 atom stereocenters. The molecule has 1 aromatic heterocycles. The van der Waals surface area contributed by atoms with E-state index in [1.165, 1.54) is 10.5 Å². The number of aromatic nitrogens is 4. The molecule has 0 saturated carbocycles. The standard InChI is InChI=1S/C22H26N6/c1-5-27(16-17-10-7-6-8-11-17)20(19-13-9-12-18(14-19)15-23)21-24-25-26-28(21)22(2,3)4/h6-14,20H,5,16H2,1-4H3/p+1/t20-/m1/s1. The Hall–Kier alpha value is -3.04. The first-order chi connectivity index (χ1) is 13.4. The highest BCUT2D eigenvalue weighted by atomic mass is 15.6. The molecule has 0 saturated heterocycles. The Morgan fingerprint density at radius 1 is 1.11 bits per heavy atom. The van der Waals surface area contributed by atoms with Crippen LogP contribution in [0.5, 0.6) is 0 Å². The second-order valence-corrected chi connectivity index (χ2v) is 7.96. The molecule has 3 rings (SSSR count). The molecule has 0 amide bonds. The van der Waals surface area contributed by atoms with Gasteiger partial charge >= 0.3 is 0 Å². The van der Waals surface area contributed by atoms with Crippen LogP contribution >= 0.6 is 0 Å². The van der Waals surface area contributed by atoms with Crippen LogP contribution in [0.1, 0.15) is 56.3 Å². The number of hydrogen-bond donors (Lipinski definition) is 1. The van der Waals surface area contributed by atoms with Gasteiger partial charge in [-0.2, -0.15) is 5.26 Å². The third kappa shape index (κ3) is 4.26. The fraction of sp³-hybridized carbons (Fsp3) is 0.364. The number of nitriles is 1. The Balaban J connectivity index is 2.11. The lowest BCUT2D eigenvalue weighted by Gasteiger charge is -2.30. The first kappa shape index (κ1) is 19.7. The van der Waals surface area contributed by atoms with Crippen LogP contribution in [0, 0.1) is 11.3 Å². The first-order valence-corrected chi connectivity index (χ1v) is 9.61. The maximum Gasteiger partial charge on any atom is 0.214 e. The van der Waals surface area contributed by atoms with Crippen LogP contribution in [0.3, 0.4) is 0 Å². The van der Waals surface area contributed by atoms with Gasteiger partial charge in [-0.15, -0.1) is 5.10 Å². The van der Waals surface area contributed by atoms with Crippen LogP contribution in [0.25, 0.3) is 0 Å². The van der Waals surface area contributed by atoms with Crippen LogP contribution in [0.4, 0.5) is 0 Å². The van der Waals surface area contributed by atoms with Gasteiger partial charge in [-0.1, -0.05) is 42.5 Å². The summed E-state index contributed by atoms with van der Waals surface area (Å²) in [5, 5.41) is 22.1. The number of hydrogen-bond acceptors (Lipinski definition) is 4. The van der Waals surface area contributed by atoms with Gasteiger partial charge in [0.05, 0.1) is 23.7 Å². The number of nitrogens with zero attached hydrogens (tertiary/aromatic N) is 5. The molecule has 0 radical (unpaired) electrons. The highest BCUT2D eigenvalue weighted by Crippen LogP contribution is 2.23. The van der Waals surface area contributed by atoms with Crippen molar-refractivity contribution in [2.24, 2.45) is 0 Å².